The van der Waals surface area contributed by atoms with Crippen molar-refractivity contribution in [3.63, 3.8) is 0 Å². The SMILES string of the molecule is CCNC(=NCCC(C)c1ccc(OC)cc1)NC1CCN(CC(=O)N(C)C)CC1. The van der Waals surface area contributed by atoms with Crippen LogP contribution in [0.25, 0.3) is 0 Å². The molecule has 7 heteroatoms. The highest BCUT2D eigenvalue weighted by atomic mass is 16.5. The summed E-state index contributed by atoms with van der Waals surface area (Å²) in [6.07, 6.45) is 3.04. The topological polar surface area (TPSA) is 69.2 Å². The maximum Gasteiger partial charge on any atom is 0.236 e. The molecular formula is C23H39N5O2. The number of methoxy groups -OCH3 is 1. The van der Waals surface area contributed by atoms with E-state index in [0.29, 0.717) is 18.5 Å². The lowest BCUT2D eigenvalue weighted by Crippen LogP contribution is -2.50. The van der Waals surface area contributed by atoms with Gasteiger partial charge in [-0.05, 0) is 49.8 Å². The van der Waals surface area contributed by atoms with Crippen LogP contribution in [-0.4, -0.2) is 81.6 Å². The Kier molecular flexibility index (Phi) is 9.94. The molecule has 1 saturated heterocycles. The van der Waals surface area contributed by atoms with Crippen LogP contribution in [0, 0.1) is 0 Å². The summed E-state index contributed by atoms with van der Waals surface area (Å²) in [6, 6.07) is 8.68. The molecule has 1 amide bonds. The summed E-state index contributed by atoms with van der Waals surface area (Å²) < 4.78 is 5.24. The maximum atomic E-state index is 11.9. The standard InChI is InChI=1S/C23H39N5O2/c1-6-24-23(25-14-11-18(2)19-7-9-21(30-5)10-8-19)26-20-12-15-28(16-13-20)17-22(29)27(3)4/h7-10,18,20H,6,11-17H2,1-5H3,(H2,24,25,26). The number of amides is 1. The number of carbonyl (C=O) groups excluding carboxylic acids is 1. The number of guanidine groups is 1. The summed E-state index contributed by atoms with van der Waals surface area (Å²) >= 11 is 0. The number of likely N-dealkylation sites (N-methyl/N-ethyl adjacent to an activating group) is 1. The number of nitrogens with zero attached hydrogens (tertiary/aromatic N) is 3. The van der Waals surface area contributed by atoms with Gasteiger partial charge in [0, 0.05) is 46.3 Å². The summed E-state index contributed by atoms with van der Waals surface area (Å²) in [6.45, 7) is 8.33. The smallest absolute Gasteiger partial charge is 0.236 e. The molecule has 0 aromatic heterocycles. The molecule has 1 atom stereocenters. The zero-order valence-corrected chi connectivity index (χ0v) is 19.3. The highest BCUT2D eigenvalue weighted by molar-refractivity contribution is 5.80. The highest BCUT2D eigenvalue weighted by Gasteiger charge is 2.22. The second-order valence-corrected chi connectivity index (χ2v) is 8.21. The zero-order chi connectivity index (χ0) is 21.9. The minimum atomic E-state index is 0.169. The fraction of sp³-hybridized carbons (Fsp3) is 0.652. The first-order chi connectivity index (χ1) is 14.4. The molecule has 30 heavy (non-hydrogen) atoms. The van der Waals surface area contributed by atoms with Crippen LogP contribution in [0.3, 0.4) is 0 Å². The van der Waals surface area contributed by atoms with E-state index in [1.807, 2.05) is 26.2 Å². The van der Waals surface area contributed by atoms with Gasteiger partial charge in [-0.25, -0.2) is 0 Å². The molecule has 1 aromatic carbocycles. The third-order valence-electron chi connectivity index (χ3n) is 5.65. The van der Waals surface area contributed by atoms with Gasteiger partial charge in [0.15, 0.2) is 5.96 Å². The van der Waals surface area contributed by atoms with E-state index < -0.39 is 0 Å². The normalized spacial score (nSPS) is 16.8. The van der Waals surface area contributed by atoms with Crippen LogP contribution in [0.4, 0.5) is 0 Å². The molecule has 1 unspecified atom stereocenters. The summed E-state index contributed by atoms with van der Waals surface area (Å²) in [5, 5.41) is 6.95. The Balaban J connectivity index is 1.79. The Morgan fingerprint density at radius 2 is 1.93 bits per heavy atom. The molecule has 2 rings (SSSR count). The second-order valence-electron chi connectivity index (χ2n) is 8.21. The molecule has 1 aliphatic heterocycles. The molecule has 1 heterocycles. The lowest BCUT2D eigenvalue weighted by atomic mass is 9.98. The average Bonchev–Trinajstić information content (AvgIpc) is 2.75. The third-order valence-corrected chi connectivity index (χ3v) is 5.65. The number of carbonyl (C=O) groups is 1. The van der Waals surface area contributed by atoms with E-state index in [0.717, 1.165) is 57.2 Å². The van der Waals surface area contributed by atoms with Crippen molar-refractivity contribution < 1.29 is 9.53 Å². The van der Waals surface area contributed by atoms with Gasteiger partial charge in [0.1, 0.15) is 5.75 Å². The number of hydrogen-bond donors (Lipinski definition) is 2. The quantitative estimate of drug-likeness (QED) is 0.477. The van der Waals surface area contributed by atoms with Gasteiger partial charge >= 0.3 is 0 Å². The van der Waals surface area contributed by atoms with Crippen LogP contribution >= 0.6 is 0 Å². The predicted molar refractivity (Wildman–Crippen MR) is 123 cm³/mol. The number of nitrogens with one attached hydrogen (secondary N) is 2. The number of likely N-dealkylation sites (tertiary alicyclic amines) is 1. The van der Waals surface area contributed by atoms with E-state index in [-0.39, 0.29) is 5.91 Å². The van der Waals surface area contributed by atoms with E-state index in [4.69, 9.17) is 9.73 Å². The molecule has 0 aliphatic carbocycles. The number of rotatable bonds is 9. The van der Waals surface area contributed by atoms with Crippen LogP contribution in [-0.2, 0) is 4.79 Å². The summed E-state index contributed by atoms with van der Waals surface area (Å²) in [5.41, 5.74) is 1.31. The molecule has 0 bridgehead atoms. The zero-order valence-electron chi connectivity index (χ0n) is 19.3. The molecule has 1 aromatic rings. The average molecular weight is 418 g/mol. The Labute approximate surface area is 181 Å². The molecule has 7 nitrogen and oxygen atoms in total. The van der Waals surface area contributed by atoms with Gasteiger partial charge < -0.3 is 20.3 Å². The van der Waals surface area contributed by atoms with Crippen molar-refractivity contribution >= 4 is 11.9 Å². The Bertz CT molecular complexity index is 667. The maximum absolute atomic E-state index is 11.9. The number of piperidine rings is 1. The van der Waals surface area contributed by atoms with Crippen LogP contribution in [0.1, 0.15) is 44.6 Å². The molecule has 1 aliphatic rings. The van der Waals surface area contributed by atoms with Crippen LogP contribution < -0.4 is 15.4 Å². The molecule has 1 fully saturated rings. The lowest BCUT2D eigenvalue weighted by molar-refractivity contribution is -0.130. The Morgan fingerprint density at radius 1 is 1.27 bits per heavy atom. The minimum Gasteiger partial charge on any atom is -0.497 e. The minimum absolute atomic E-state index is 0.169. The molecular weight excluding hydrogens is 378 g/mol. The van der Waals surface area contributed by atoms with Gasteiger partial charge in [0.2, 0.25) is 5.91 Å². The van der Waals surface area contributed by atoms with Crippen molar-refractivity contribution in [2.75, 3.05) is 53.9 Å². The van der Waals surface area contributed by atoms with E-state index in [1.54, 1.807) is 12.0 Å². The van der Waals surface area contributed by atoms with Gasteiger partial charge in [-0.15, -0.1) is 0 Å². The number of aliphatic imine (C=N–C) groups is 1. The molecule has 0 saturated carbocycles. The van der Waals surface area contributed by atoms with Gasteiger partial charge in [0.05, 0.1) is 13.7 Å². The summed E-state index contributed by atoms with van der Waals surface area (Å²) in [5.74, 6) is 2.39. The Morgan fingerprint density at radius 3 is 2.50 bits per heavy atom. The second kappa shape index (κ2) is 12.4. The highest BCUT2D eigenvalue weighted by Crippen LogP contribution is 2.21. The van der Waals surface area contributed by atoms with Crippen molar-refractivity contribution in [3.8, 4) is 5.75 Å². The fourth-order valence-corrected chi connectivity index (χ4v) is 3.55. The van der Waals surface area contributed by atoms with E-state index in [1.165, 1.54) is 5.56 Å². The van der Waals surface area contributed by atoms with Crippen LogP contribution in [0.5, 0.6) is 5.75 Å². The van der Waals surface area contributed by atoms with Crippen LogP contribution in [0.15, 0.2) is 29.3 Å². The molecule has 0 spiro atoms. The Hall–Kier alpha value is -2.28. The molecule has 168 valence electrons. The third kappa shape index (κ3) is 7.86. The first-order valence-corrected chi connectivity index (χ1v) is 11.0. The largest absolute Gasteiger partial charge is 0.497 e. The van der Waals surface area contributed by atoms with Crippen LogP contribution in [0.2, 0.25) is 0 Å². The van der Waals surface area contributed by atoms with Gasteiger partial charge in [-0.3, -0.25) is 14.7 Å². The van der Waals surface area contributed by atoms with Crippen molar-refractivity contribution in [3.05, 3.63) is 29.8 Å². The number of ether oxygens (including phenoxy) is 1. The van der Waals surface area contributed by atoms with Crippen molar-refractivity contribution in [1.29, 1.82) is 0 Å². The van der Waals surface area contributed by atoms with Crippen molar-refractivity contribution in [2.24, 2.45) is 4.99 Å². The summed E-state index contributed by atoms with van der Waals surface area (Å²) in [4.78, 5) is 20.6. The lowest BCUT2D eigenvalue weighted by Gasteiger charge is -2.33. The van der Waals surface area contributed by atoms with Gasteiger partial charge in [-0.2, -0.15) is 0 Å². The first kappa shape index (κ1) is 24.0. The number of hydrogen-bond acceptors (Lipinski definition) is 4. The van der Waals surface area contributed by atoms with Crippen molar-refractivity contribution in [2.45, 2.75) is 45.1 Å². The van der Waals surface area contributed by atoms with E-state index in [9.17, 15) is 4.79 Å². The first-order valence-electron chi connectivity index (χ1n) is 11.0. The van der Waals surface area contributed by atoms with E-state index in [2.05, 4.69) is 41.5 Å². The summed E-state index contributed by atoms with van der Waals surface area (Å²) in [7, 11) is 5.31. The van der Waals surface area contributed by atoms with Gasteiger partial charge in [0.25, 0.3) is 0 Å². The fourth-order valence-electron chi connectivity index (χ4n) is 3.55. The number of benzene rings is 1. The molecule has 2 N–H and O–H groups in total. The van der Waals surface area contributed by atoms with Crippen molar-refractivity contribution in [1.82, 2.24) is 20.4 Å². The van der Waals surface area contributed by atoms with Gasteiger partial charge in [-0.1, -0.05) is 19.1 Å². The predicted octanol–water partition coefficient (Wildman–Crippen LogP) is 2.30. The van der Waals surface area contributed by atoms with E-state index >= 15 is 0 Å². The monoisotopic (exact) mass is 417 g/mol. The molecule has 0 radical (unpaired) electrons.